The zero-order valence-electron chi connectivity index (χ0n) is 7.36. The van der Waals surface area contributed by atoms with Gasteiger partial charge in [-0.15, -0.1) is 0 Å². The van der Waals surface area contributed by atoms with Crippen molar-refractivity contribution in [2.45, 2.75) is 6.92 Å². The van der Waals surface area contributed by atoms with Crippen molar-refractivity contribution in [3.05, 3.63) is 0 Å². The van der Waals surface area contributed by atoms with Crippen LogP contribution in [-0.2, 0) is 0 Å². The molecule has 0 rings (SSSR count). The molecule has 0 aliphatic rings. The Morgan fingerprint density at radius 1 is 1.42 bits per heavy atom. The third kappa shape index (κ3) is 4.05. The van der Waals surface area contributed by atoms with Gasteiger partial charge in [0.15, 0.2) is 0 Å². The van der Waals surface area contributed by atoms with Crippen molar-refractivity contribution in [1.29, 1.82) is 0 Å². The summed E-state index contributed by atoms with van der Waals surface area (Å²) in [5.74, 6) is 0. The maximum Gasteiger partial charge on any atom is 0.343 e. The molecule has 0 unspecified atom stereocenters. The average Bonchev–Trinajstić information content (AvgIpc) is 2.04. The molecule has 0 aromatic heterocycles. The van der Waals surface area contributed by atoms with E-state index in [1.165, 1.54) is 11.1 Å². The van der Waals surface area contributed by atoms with Gasteiger partial charge in [0.2, 0.25) is 0 Å². The van der Waals surface area contributed by atoms with Crippen LogP contribution in [0.5, 0.6) is 0 Å². The van der Waals surface area contributed by atoms with Gasteiger partial charge in [0.25, 0.3) is 0 Å². The first-order valence-corrected chi connectivity index (χ1v) is 3.94. The molecule has 0 heterocycles. The molecule has 0 radical (unpaired) electrons. The maximum atomic E-state index is 11.1. The molecule has 0 spiro atoms. The number of carbonyl (C=O) groups excluding carboxylic acids is 1. The lowest BCUT2D eigenvalue weighted by molar-refractivity contribution is 0.211. The minimum atomic E-state index is -0.270. The lowest BCUT2D eigenvalue weighted by Crippen LogP contribution is -2.37. The van der Waals surface area contributed by atoms with Gasteiger partial charge in [0.05, 0.1) is 0 Å². The second-order valence-corrected chi connectivity index (χ2v) is 2.23. The number of aliphatic imine (C=N–C) groups is 1. The van der Waals surface area contributed by atoms with Gasteiger partial charge < -0.3 is 16.4 Å². The first kappa shape index (κ1) is 11.1. The highest BCUT2D eigenvalue weighted by Crippen LogP contribution is 1.90. The summed E-state index contributed by atoms with van der Waals surface area (Å²) in [5.41, 5.74) is 10.6. The fourth-order valence-corrected chi connectivity index (χ4v) is 0.807. The van der Waals surface area contributed by atoms with Gasteiger partial charge in [-0.1, -0.05) is 0 Å². The Balaban J connectivity index is 3.98. The van der Waals surface area contributed by atoms with Crippen molar-refractivity contribution >= 4 is 12.2 Å². The number of urea groups is 1. The molecule has 2 amide bonds. The molecule has 5 heteroatoms. The van der Waals surface area contributed by atoms with Crippen molar-refractivity contribution < 1.29 is 4.79 Å². The van der Waals surface area contributed by atoms with Crippen LogP contribution in [0.15, 0.2) is 4.99 Å². The summed E-state index contributed by atoms with van der Waals surface area (Å²) in [7, 11) is 0. The zero-order valence-corrected chi connectivity index (χ0v) is 7.36. The Kier molecular flexibility index (Phi) is 6.22. The van der Waals surface area contributed by atoms with Crippen LogP contribution in [0.4, 0.5) is 4.79 Å². The van der Waals surface area contributed by atoms with Crippen molar-refractivity contribution in [3.8, 4) is 0 Å². The third-order valence-electron chi connectivity index (χ3n) is 1.31. The van der Waals surface area contributed by atoms with Crippen molar-refractivity contribution in [1.82, 2.24) is 4.90 Å². The van der Waals surface area contributed by atoms with E-state index in [2.05, 4.69) is 4.99 Å². The van der Waals surface area contributed by atoms with E-state index in [0.717, 1.165) is 0 Å². The maximum absolute atomic E-state index is 11.1. The number of amides is 2. The Morgan fingerprint density at radius 2 is 1.92 bits per heavy atom. The predicted octanol–water partition coefficient (Wildman–Crippen LogP) is -0.583. The van der Waals surface area contributed by atoms with Crippen molar-refractivity contribution in [3.63, 3.8) is 0 Å². The topological polar surface area (TPSA) is 84.7 Å². The second kappa shape index (κ2) is 6.75. The Bertz CT molecular complexity index is 151. The molecule has 0 aliphatic heterocycles. The van der Waals surface area contributed by atoms with Crippen LogP contribution < -0.4 is 11.5 Å². The van der Waals surface area contributed by atoms with Crippen LogP contribution >= 0.6 is 0 Å². The van der Waals surface area contributed by atoms with Gasteiger partial charge in [-0.2, -0.15) is 0 Å². The molecule has 0 aliphatic carbocycles. The van der Waals surface area contributed by atoms with Crippen molar-refractivity contribution in [2.75, 3.05) is 26.2 Å². The van der Waals surface area contributed by atoms with E-state index >= 15 is 0 Å². The molecular formula is C7H16N4O. The first-order valence-electron chi connectivity index (χ1n) is 3.94. The monoisotopic (exact) mass is 172 g/mol. The van der Waals surface area contributed by atoms with E-state index < -0.39 is 0 Å². The molecule has 70 valence electrons. The van der Waals surface area contributed by atoms with Crippen LogP contribution in [-0.4, -0.2) is 43.3 Å². The SMILES string of the molecule is C/C=N/C(=O)N(CCN)CCN. The second-order valence-electron chi connectivity index (χ2n) is 2.23. The van der Waals surface area contributed by atoms with Gasteiger partial charge in [0.1, 0.15) is 0 Å². The van der Waals surface area contributed by atoms with Crippen LogP contribution in [0.25, 0.3) is 0 Å². The molecule has 0 aromatic carbocycles. The summed E-state index contributed by atoms with van der Waals surface area (Å²) in [4.78, 5) is 16.3. The standard InChI is InChI=1S/C7H16N4O/c1-2-10-7(12)11(5-3-8)6-4-9/h2H,3-6,8-9H2,1H3/b10-2+. The Hall–Kier alpha value is -0.940. The largest absolute Gasteiger partial charge is 0.343 e. The molecule has 0 saturated heterocycles. The molecule has 4 N–H and O–H groups in total. The van der Waals surface area contributed by atoms with E-state index in [9.17, 15) is 4.79 Å². The number of carbonyl (C=O) groups is 1. The molecule has 0 fully saturated rings. The predicted molar refractivity (Wildman–Crippen MR) is 49.2 cm³/mol. The van der Waals surface area contributed by atoms with E-state index in [-0.39, 0.29) is 6.03 Å². The minimum Gasteiger partial charge on any atom is -0.329 e. The van der Waals surface area contributed by atoms with E-state index in [1.54, 1.807) is 6.92 Å². The van der Waals surface area contributed by atoms with Crippen molar-refractivity contribution in [2.24, 2.45) is 16.5 Å². The summed E-state index contributed by atoms with van der Waals surface area (Å²) < 4.78 is 0. The molecular weight excluding hydrogens is 156 g/mol. The summed E-state index contributed by atoms with van der Waals surface area (Å²) >= 11 is 0. The lowest BCUT2D eigenvalue weighted by atomic mass is 10.5. The summed E-state index contributed by atoms with van der Waals surface area (Å²) in [6.45, 7) is 3.58. The highest BCUT2D eigenvalue weighted by Gasteiger charge is 2.08. The van der Waals surface area contributed by atoms with Gasteiger partial charge in [-0.05, 0) is 6.92 Å². The van der Waals surface area contributed by atoms with Crippen LogP contribution in [0, 0.1) is 0 Å². The Morgan fingerprint density at radius 3 is 2.25 bits per heavy atom. The molecule has 5 nitrogen and oxygen atoms in total. The van der Waals surface area contributed by atoms with Crippen LogP contribution in [0.1, 0.15) is 6.92 Å². The number of nitrogens with zero attached hydrogens (tertiary/aromatic N) is 2. The molecule has 0 bridgehead atoms. The molecule has 12 heavy (non-hydrogen) atoms. The first-order chi connectivity index (χ1) is 5.76. The van der Waals surface area contributed by atoms with Crippen LogP contribution in [0.3, 0.4) is 0 Å². The zero-order chi connectivity index (χ0) is 9.40. The summed E-state index contributed by atoms with van der Waals surface area (Å²) in [5, 5.41) is 0. The highest BCUT2D eigenvalue weighted by molar-refractivity contribution is 5.82. The quantitative estimate of drug-likeness (QED) is 0.556. The normalized spacial score (nSPS) is 10.6. The number of rotatable bonds is 4. The molecule has 0 atom stereocenters. The summed E-state index contributed by atoms with van der Waals surface area (Å²) in [6, 6.07) is -0.270. The fraction of sp³-hybridized carbons (Fsp3) is 0.714. The average molecular weight is 172 g/mol. The van der Waals surface area contributed by atoms with Gasteiger partial charge in [0, 0.05) is 32.4 Å². The molecule has 0 saturated carbocycles. The number of hydrogen-bond donors (Lipinski definition) is 2. The van der Waals surface area contributed by atoms with E-state index in [1.807, 2.05) is 0 Å². The lowest BCUT2D eigenvalue weighted by Gasteiger charge is -2.17. The number of hydrogen-bond acceptors (Lipinski definition) is 3. The van der Waals surface area contributed by atoms with Gasteiger partial charge in [-0.25, -0.2) is 9.79 Å². The third-order valence-corrected chi connectivity index (χ3v) is 1.31. The van der Waals surface area contributed by atoms with Gasteiger partial charge >= 0.3 is 6.03 Å². The van der Waals surface area contributed by atoms with Gasteiger partial charge in [-0.3, -0.25) is 0 Å². The minimum absolute atomic E-state index is 0.270. The fourth-order valence-electron chi connectivity index (χ4n) is 0.807. The molecule has 0 aromatic rings. The number of nitrogens with two attached hydrogens (primary N) is 2. The smallest absolute Gasteiger partial charge is 0.329 e. The Labute approximate surface area is 72.4 Å². The summed E-state index contributed by atoms with van der Waals surface area (Å²) in [6.07, 6.45) is 1.46. The highest BCUT2D eigenvalue weighted by atomic mass is 16.2. The van der Waals surface area contributed by atoms with E-state index in [4.69, 9.17) is 11.5 Å². The van der Waals surface area contributed by atoms with Crippen LogP contribution in [0.2, 0.25) is 0 Å². The van der Waals surface area contributed by atoms with E-state index in [0.29, 0.717) is 26.2 Å².